The molecule has 0 aliphatic carbocycles. The number of aromatic nitrogens is 5. The lowest BCUT2D eigenvalue weighted by Gasteiger charge is -2.46. The van der Waals surface area contributed by atoms with Crippen LogP contribution in [0.2, 0.25) is 0 Å². The largest absolute Gasteiger partial charge is 0.387 e. The van der Waals surface area contributed by atoms with E-state index in [1.165, 1.54) is 25.7 Å². The predicted molar refractivity (Wildman–Crippen MR) is 148 cm³/mol. The van der Waals surface area contributed by atoms with E-state index < -0.39 is 0 Å². The minimum Gasteiger partial charge on any atom is -0.387 e. The van der Waals surface area contributed by atoms with Crippen LogP contribution in [0.5, 0.6) is 0 Å². The average Bonchev–Trinajstić information content (AvgIpc) is 3.69. The van der Waals surface area contributed by atoms with E-state index in [0.29, 0.717) is 17.6 Å². The summed E-state index contributed by atoms with van der Waals surface area (Å²) in [4.78, 5) is 10.1. The molecule has 0 aromatic carbocycles. The first-order valence-electron chi connectivity index (χ1n) is 13.3. The van der Waals surface area contributed by atoms with Gasteiger partial charge in [-0.2, -0.15) is 10.4 Å². The number of piperazine rings is 1. The van der Waals surface area contributed by atoms with Gasteiger partial charge in [0.05, 0.1) is 34.2 Å². The van der Waals surface area contributed by atoms with E-state index in [1.807, 2.05) is 42.0 Å². The van der Waals surface area contributed by atoms with Crippen molar-refractivity contribution in [2.24, 2.45) is 0 Å². The number of pyridine rings is 1. The predicted octanol–water partition coefficient (Wildman–Crippen LogP) is 3.23. The Balaban J connectivity index is 1.13. The number of fused-ring (bicyclic) bond motifs is 3. The van der Waals surface area contributed by atoms with E-state index in [4.69, 9.17) is 4.98 Å². The third-order valence-electron chi connectivity index (χ3n) is 8.25. The summed E-state index contributed by atoms with van der Waals surface area (Å²) in [5.41, 5.74) is 4.94. The fourth-order valence-corrected chi connectivity index (χ4v) is 7.36. The van der Waals surface area contributed by atoms with Crippen molar-refractivity contribution in [3.8, 4) is 28.0 Å². The number of nitrogens with zero attached hydrogens (tertiary/aromatic N) is 8. The van der Waals surface area contributed by atoms with E-state index in [-0.39, 0.29) is 0 Å². The first-order chi connectivity index (χ1) is 18.7. The van der Waals surface area contributed by atoms with Gasteiger partial charge in [0.25, 0.3) is 0 Å². The van der Waals surface area contributed by atoms with Gasteiger partial charge in [0.15, 0.2) is 5.01 Å². The Hall–Kier alpha value is -3.59. The van der Waals surface area contributed by atoms with E-state index in [0.717, 1.165) is 70.5 Å². The molecular formula is C27H30N10S. The van der Waals surface area contributed by atoms with E-state index >= 15 is 0 Å². The molecule has 0 amide bonds. The van der Waals surface area contributed by atoms with Crippen molar-refractivity contribution < 1.29 is 0 Å². The number of nitriles is 1. The van der Waals surface area contributed by atoms with Crippen molar-refractivity contribution in [3.05, 3.63) is 42.2 Å². The summed E-state index contributed by atoms with van der Waals surface area (Å²) in [7, 11) is 1.91. The monoisotopic (exact) mass is 526 g/mol. The molecule has 3 aliphatic heterocycles. The second-order valence-electron chi connectivity index (χ2n) is 10.4. The zero-order valence-electron chi connectivity index (χ0n) is 21.3. The normalized spacial score (nSPS) is 22.2. The summed E-state index contributed by atoms with van der Waals surface area (Å²) in [5.74, 6) is 0. The molecule has 38 heavy (non-hydrogen) atoms. The second kappa shape index (κ2) is 9.62. The molecule has 0 radical (unpaired) electrons. The lowest BCUT2D eigenvalue weighted by Crippen LogP contribution is -2.58. The molecule has 2 atom stereocenters. The van der Waals surface area contributed by atoms with Gasteiger partial charge in [0.1, 0.15) is 6.07 Å². The minimum absolute atomic E-state index is 0.536. The number of rotatable bonds is 5. The summed E-state index contributed by atoms with van der Waals surface area (Å²) in [6.45, 7) is 4.36. The highest BCUT2D eigenvalue weighted by Gasteiger charge is 2.44. The third-order valence-corrected chi connectivity index (χ3v) is 9.27. The highest BCUT2D eigenvalue weighted by molar-refractivity contribution is 7.18. The number of anilines is 2. The molecule has 0 spiro atoms. The van der Waals surface area contributed by atoms with Gasteiger partial charge >= 0.3 is 0 Å². The van der Waals surface area contributed by atoms with Crippen molar-refractivity contribution in [2.45, 2.75) is 43.8 Å². The maximum absolute atomic E-state index is 9.17. The van der Waals surface area contributed by atoms with Crippen LogP contribution in [0.1, 0.15) is 31.2 Å². The van der Waals surface area contributed by atoms with Crippen LogP contribution in [-0.4, -0.2) is 81.0 Å². The Morgan fingerprint density at radius 2 is 1.84 bits per heavy atom. The van der Waals surface area contributed by atoms with Gasteiger partial charge in [-0.1, -0.05) is 11.3 Å². The fourth-order valence-electron chi connectivity index (χ4n) is 6.47. The van der Waals surface area contributed by atoms with Crippen LogP contribution >= 0.6 is 11.3 Å². The van der Waals surface area contributed by atoms with Gasteiger partial charge in [-0.15, -0.1) is 10.2 Å². The summed E-state index contributed by atoms with van der Waals surface area (Å²) < 4.78 is 1.81. The van der Waals surface area contributed by atoms with Crippen molar-refractivity contribution in [2.75, 3.05) is 43.4 Å². The number of hydrogen-bond acceptors (Lipinski definition) is 10. The van der Waals surface area contributed by atoms with Crippen LogP contribution in [-0.2, 0) is 0 Å². The van der Waals surface area contributed by atoms with Crippen molar-refractivity contribution in [1.29, 1.82) is 5.26 Å². The smallest absolute Gasteiger partial charge is 0.208 e. The number of piperidine rings is 1. The molecule has 7 rings (SSSR count). The van der Waals surface area contributed by atoms with Crippen LogP contribution in [0.15, 0.2) is 36.7 Å². The maximum Gasteiger partial charge on any atom is 0.208 e. The SMILES string of the molecule is CNc1cc(-c2ccc3cc(C#N)cnn23)ncc1-c1nnc(N2CC3CCC(C2)N3C2CCNCC2)s1. The third kappa shape index (κ3) is 4.00. The lowest BCUT2D eigenvalue weighted by molar-refractivity contribution is 0.0893. The topological polar surface area (TPSA) is 110 Å². The molecule has 2 bridgehead atoms. The summed E-state index contributed by atoms with van der Waals surface area (Å²) >= 11 is 1.65. The Morgan fingerprint density at radius 3 is 2.61 bits per heavy atom. The van der Waals surface area contributed by atoms with Crippen molar-refractivity contribution >= 4 is 27.7 Å². The fraction of sp³-hybridized carbons (Fsp3) is 0.444. The molecule has 2 N–H and O–H groups in total. The zero-order chi connectivity index (χ0) is 25.6. The zero-order valence-corrected chi connectivity index (χ0v) is 22.2. The van der Waals surface area contributed by atoms with Gasteiger partial charge in [0.2, 0.25) is 5.13 Å². The van der Waals surface area contributed by atoms with Crippen LogP contribution in [0.25, 0.3) is 27.5 Å². The van der Waals surface area contributed by atoms with Crippen molar-refractivity contribution in [1.82, 2.24) is 35.0 Å². The Labute approximate surface area is 225 Å². The highest BCUT2D eigenvalue weighted by Crippen LogP contribution is 2.39. The Morgan fingerprint density at radius 1 is 1.03 bits per heavy atom. The molecule has 3 aliphatic rings. The summed E-state index contributed by atoms with van der Waals surface area (Å²) in [6.07, 6.45) is 8.54. The first-order valence-corrected chi connectivity index (χ1v) is 14.2. The van der Waals surface area contributed by atoms with E-state index in [9.17, 15) is 5.26 Å². The minimum atomic E-state index is 0.536. The summed E-state index contributed by atoms with van der Waals surface area (Å²) in [5, 5.41) is 31.5. The Kier molecular flexibility index (Phi) is 5.95. The van der Waals surface area contributed by atoms with Gasteiger partial charge in [-0.05, 0) is 63.0 Å². The second-order valence-corrected chi connectivity index (χ2v) is 11.3. The molecule has 2 unspecified atom stereocenters. The Bertz CT molecular complexity index is 1500. The highest BCUT2D eigenvalue weighted by atomic mass is 32.1. The van der Waals surface area contributed by atoms with Crippen LogP contribution < -0.4 is 15.5 Å². The summed E-state index contributed by atoms with van der Waals surface area (Å²) in [6, 6.07) is 11.9. The maximum atomic E-state index is 9.17. The molecule has 11 heteroatoms. The molecule has 4 aromatic heterocycles. The molecule has 3 fully saturated rings. The average molecular weight is 527 g/mol. The van der Waals surface area contributed by atoms with Crippen LogP contribution in [0.4, 0.5) is 10.8 Å². The molecular weight excluding hydrogens is 496 g/mol. The van der Waals surface area contributed by atoms with Gasteiger partial charge in [-0.25, -0.2) is 4.52 Å². The quantitative estimate of drug-likeness (QED) is 0.405. The molecule has 3 saturated heterocycles. The standard InChI is InChI=1S/C27H30N10S/c1-29-23-11-24(25-5-4-19-10-17(12-28)13-32-37(19)25)31-14-22(23)26-33-34-27(38-26)35-15-20-2-3-21(16-35)36(20)18-6-8-30-9-7-18/h4-5,10-11,13-14,18,20-21,30H,2-3,6-9,15-16H2,1H3,(H,29,31). The number of hydrogen-bond donors (Lipinski definition) is 2. The van der Waals surface area contributed by atoms with Gasteiger partial charge < -0.3 is 15.5 Å². The molecule has 10 nitrogen and oxygen atoms in total. The first kappa shape index (κ1) is 23.5. The molecule has 4 aromatic rings. The van der Waals surface area contributed by atoms with Crippen LogP contribution in [0, 0.1) is 11.3 Å². The van der Waals surface area contributed by atoms with E-state index in [2.05, 4.69) is 41.8 Å². The van der Waals surface area contributed by atoms with Crippen molar-refractivity contribution in [3.63, 3.8) is 0 Å². The molecule has 194 valence electrons. The van der Waals surface area contributed by atoms with Crippen LogP contribution in [0.3, 0.4) is 0 Å². The van der Waals surface area contributed by atoms with Gasteiger partial charge in [0, 0.05) is 50.1 Å². The van der Waals surface area contributed by atoms with Gasteiger partial charge in [-0.3, -0.25) is 9.88 Å². The molecule has 0 saturated carbocycles. The van der Waals surface area contributed by atoms with E-state index in [1.54, 1.807) is 17.5 Å². The number of nitrogens with one attached hydrogen (secondary N) is 2. The lowest BCUT2D eigenvalue weighted by atomic mass is 10.0. The molecule has 7 heterocycles.